The summed E-state index contributed by atoms with van der Waals surface area (Å²) in [7, 11) is 0. The van der Waals surface area contributed by atoms with Gasteiger partial charge in [-0.15, -0.1) is 10.2 Å². The van der Waals surface area contributed by atoms with E-state index in [-0.39, 0.29) is 11.3 Å². The minimum absolute atomic E-state index is 0.0318. The van der Waals surface area contributed by atoms with E-state index in [9.17, 15) is 4.79 Å². The van der Waals surface area contributed by atoms with Crippen molar-refractivity contribution in [2.45, 2.75) is 49.1 Å². The van der Waals surface area contributed by atoms with Gasteiger partial charge in [0.1, 0.15) is 0 Å². The topological polar surface area (TPSA) is 54.9 Å². The van der Waals surface area contributed by atoms with Crippen LogP contribution in [0.25, 0.3) is 0 Å². The van der Waals surface area contributed by atoms with Gasteiger partial charge in [0.2, 0.25) is 11.0 Å². The fourth-order valence-corrected chi connectivity index (χ4v) is 4.37. The van der Waals surface area contributed by atoms with Crippen LogP contribution in [0, 0.1) is 0 Å². The van der Waals surface area contributed by atoms with Crippen LogP contribution in [0.5, 0.6) is 0 Å². The summed E-state index contributed by atoms with van der Waals surface area (Å²) in [6.45, 7) is 6.59. The Labute approximate surface area is 174 Å². The maximum absolute atomic E-state index is 12.2. The zero-order valence-electron chi connectivity index (χ0n) is 16.4. The minimum Gasteiger partial charge on any atom is -0.300 e. The molecule has 0 fully saturated rings. The van der Waals surface area contributed by atoms with Gasteiger partial charge in [0, 0.05) is 12.2 Å². The van der Waals surface area contributed by atoms with Crippen LogP contribution in [-0.4, -0.2) is 16.1 Å². The first-order valence-electron chi connectivity index (χ1n) is 9.30. The van der Waals surface area contributed by atoms with E-state index in [2.05, 4.69) is 72.7 Å². The normalized spacial score (nSPS) is 11.4. The van der Waals surface area contributed by atoms with Crippen molar-refractivity contribution >= 4 is 34.1 Å². The molecule has 1 heterocycles. The van der Waals surface area contributed by atoms with E-state index in [0.717, 1.165) is 10.1 Å². The number of nitrogens with one attached hydrogen (secondary N) is 1. The van der Waals surface area contributed by atoms with Crippen LogP contribution in [0.2, 0.25) is 0 Å². The zero-order chi connectivity index (χ0) is 20.0. The smallest absolute Gasteiger partial charge is 0.226 e. The number of aromatic nitrogens is 2. The van der Waals surface area contributed by atoms with E-state index >= 15 is 0 Å². The lowest BCUT2D eigenvalue weighted by Crippen LogP contribution is -2.13. The Balaban J connectivity index is 1.45. The van der Waals surface area contributed by atoms with Gasteiger partial charge in [-0.3, -0.25) is 4.79 Å². The number of rotatable bonds is 7. The molecule has 0 aliphatic rings. The summed E-state index contributed by atoms with van der Waals surface area (Å²) in [6, 6.07) is 18.7. The maximum atomic E-state index is 12.2. The molecule has 3 aromatic rings. The van der Waals surface area contributed by atoms with Crippen LogP contribution < -0.4 is 5.32 Å². The Hall–Kier alpha value is -2.18. The molecule has 1 amide bonds. The molecule has 1 N–H and O–H groups in total. The van der Waals surface area contributed by atoms with Crippen LogP contribution in [0.15, 0.2) is 58.9 Å². The average Bonchev–Trinajstić information content (AvgIpc) is 3.12. The number of nitrogens with zero attached hydrogens (tertiary/aromatic N) is 2. The molecular weight excluding hydrogens is 386 g/mol. The lowest BCUT2D eigenvalue weighted by molar-refractivity contribution is -0.116. The number of benzene rings is 2. The van der Waals surface area contributed by atoms with Gasteiger partial charge in [0.15, 0.2) is 4.34 Å². The predicted molar refractivity (Wildman–Crippen MR) is 118 cm³/mol. The van der Waals surface area contributed by atoms with Gasteiger partial charge in [0.05, 0.1) is 0 Å². The third kappa shape index (κ3) is 6.17. The van der Waals surface area contributed by atoms with Crippen LogP contribution >= 0.6 is 23.1 Å². The Bertz CT molecular complexity index is 900. The highest BCUT2D eigenvalue weighted by Crippen LogP contribution is 2.28. The average molecular weight is 412 g/mol. The Morgan fingerprint density at radius 2 is 1.71 bits per heavy atom. The van der Waals surface area contributed by atoms with Gasteiger partial charge in [0.25, 0.3) is 0 Å². The van der Waals surface area contributed by atoms with Gasteiger partial charge >= 0.3 is 0 Å². The Morgan fingerprint density at radius 3 is 2.39 bits per heavy atom. The highest BCUT2D eigenvalue weighted by molar-refractivity contribution is 8.00. The third-order valence-electron chi connectivity index (χ3n) is 4.32. The molecule has 1 aromatic heterocycles. The first kappa shape index (κ1) is 20.6. The molecule has 0 radical (unpaired) electrons. The molecule has 0 saturated heterocycles. The van der Waals surface area contributed by atoms with Crippen LogP contribution in [0.4, 0.5) is 5.13 Å². The molecule has 28 heavy (non-hydrogen) atoms. The second-order valence-corrected chi connectivity index (χ2v) is 9.84. The molecule has 0 aliphatic carbocycles. The van der Waals surface area contributed by atoms with E-state index in [0.29, 0.717) is 18.0 Å². The summed E-state index contributed by atoms with van der Waals surface area (Å²) < 4.78 is 0.858. The molecule has 3 rings (SSSR count). The summed E-state index contributed by atoms with van der Waals surface area (Å²) >= 11 is 3.04. The number of carbonyl (C=O) groups excluding carboxylic acids is 1. The fraction of sp³-hybridized carbons (Fsp3) is 0.318. The number of hydrogen-bond donors (Lipinski definition) is 1. The van der Waals surface area contributed by atoms with Crippen molar-refractivity contribution in [1.82, 2.24) is 10.2 Å². The number of hydrogen-bond acceptors (Lipinski definition) is 5. The first-order chi connectivity index (χ1) is 13.4. The highest BCUT2D eigenvalue weighted by atomic mass is 32.2. The molecule has 6 heteroatoms. The molecule has 0 bridgehead atoms. The molecule has 0 aliphatic heterocycles. The second kappa shape index (κ2) is 9.34. The van der Waals surface area contributed by atoms with Crippen LogP contribution in [0.3, 0.4) is 0 Å². The fourth-order valence-electron chi connectivity index (χ4n) is 2.65. The summed E-state index contributed by atoms with van der Waals surface area (Å²) in [5.41, 5.74) is 3.85. The van der Waals surface area contributed by atoms with E-state index in [1.54, 1.807) is 11.8 Å². The molecule has 2 aromatic carbocycles. The molecule has 0 atom stereocenters. The lowest BCUT2D eigenvalue weighted by Gasteiger charge is -2.19. The summed E-state index contributed by atoms with van der Waals surface area (Å²) in [5.74, 6) is 0.809. The third-order valence-corrected chi connectivity index (χ3v) is 6.36. The summed E-state index contributed by atoms with van der Waals surface area (Å²) in [4.78, 5) is 12.2. The van der Waals surface area contributed by atoms with Crippen molar-refractivity contribution in [3.8, 4) is 0 Å². The standard InChI is InChI=1S/C22H25N3OS2/c1-22(2,3)18-12-9-16(10-13-18)11-14-19(26)23-20-24-25-21(28-20)27-15-17-7-5-4-6-8-17/h4-10,12-13H,11,14-15H2,1-3H3,(H,23,24,26). The van der Waals surface area contributed by atoms with Crippen molar-refractivity contribution < 1.29 is 4.79 Å². The van der Waals surface area contributed by atoms with Crippen LogP contribution in [-0.2, 0) is 22.4 Å². The van der Waals surface area contributed by atoms with E-state index < -0.39 is 0 Å². The van der Waals surface area contributed by atoms with Crippen molar-refractivity contribution in [2.75, 3.05) is 5.32 Å². The molecule has 0 unspecified atom stereocenters. The number of carbonyl (C=O) groups is 1. The van der Waals surface area contributed by atoms with Gasteiger partial charge in [-0.05, 0) is 28.5 Å². The van der Waals surface area contributed by atoms with Crippen molar-refractivity contribution in [3.63, 3.8) is 0 Å². The SMILES string of the molecule is CC(C)(C)c1ccc(CCC(=O)Nc2nnc(SCc3ccccc3)s2)cc1. The second-order valence-electron chi connectivity index (χ2n) is 7.64. The van der Waals surface area contributed by atoms with Gasteiger partial charge in [-0.25, -0.2) is 0 Å². The van der Waals surface area contributed by atoms with Crippen molar-refractivity contribution in [1.29, 1.82) is 0 Å². The van der Waals surface area contributed by atoms with Crippen LogP contribution in [0.1, 0.15) is 43.9 Å². The first-order valence-corrected chi connectivity index (χ1v) is 11.1. The predicted octanol–water partition coefficient (Wildman–Crippen LogP) is 5.70. The Morgan fingerprint density at radius 1 is 1.00 bits per heavy atom. The van der Waals surface area contributed by atoms with Crippen molar-refractivity contribution in [2.24, 2.45) is 0 Å². The molecule has 0 spiro atoms. The summed E-state index contributed by atoms with van der Waals surface area (Å²) in [5, 5.41) is 11.6. The quantitative estimate of drug-likeness (QED) is 0.400. The molecule has 0 saturated carbocycles. The van der Waals surface area contributed by atoms with Gasteiger partial charge < -0.3 is 5.32 Å². The zero-order valence-corrected chi connectivity index (χ0v) is 18.1. The number of anilines is 1. The Kier molecular flexibility index (Phi) is 6.86. The van der Waals surface area contributed by atoms with Gasteiger partial charge in [-0.2, -0.15) is 0 Å². The highest BCUT2D eigenvalue weighted by Gasteiger charge is 2.13. The molecule has 4 nitrogen and oxygen atoms in total. The van der Waals surface area contributed by atoms with Crippen molar-refractivity contribution in [3.05, 3.63) is 71.3 Å². The monoisotopic (exact) mass is 411 g/mol. The summed E-state index contributed by atoms with van der Waals surface area (Å²) in [6.07, 6.45) is 1.14. The lowest BCUT2D eigenvalue weighted by atomic mass is 9.86. The number of thioether (sulfide) groups is 1. The number of amides is 1. The van der Waals surface area contributed by atoms with E-state index in [4.69, 9.17) is 0 Å². The number of aryl methyl sites for hydroxylation is 1. The minimum atomic E-state index is -0.0318. The van der Waals surface area contributed by atoms with E-state index in [1.165, 1.54) is 28.0 Å². The largest absolute Gasteiger partial charge is 0.300 e. The maximum Gasteiger partial charge on any atom is 0.226 e. The van der Waals surface area contributed by atoms with Gasteiger partial charge in [-0.1, -0.05) is 98.5 Å². The molecule has 146 valence electrons. The van der Waals surface area contributed by atoms with E-state index in [1.807, 2.05) is 18.2 Å². The molecular formula is C22H25N3OS2.